The number of anilines is 1. The van der Waals surface area contributed by atoms with Gasteiger partial charge in [0.1, 0.15) is 11.6 Å². The lowest BCUT2D eigenvalue weighted by molar-refractivity contribution is 0.559. The first kappa shape index (κ1) is 16.7. The fourth-order valence-electron chi connectivity index (χ4n) is 2.06. The highest BCUT2D eigenvalue weighted by molar-refractivity contribution is 14.1. The summed E-state index contributed by atoms with van der Waals surface area (Å²) in [5, 5.41) is 3.18. The van der Waals surface area contributed by atoms with Gasteiger partial charge in [-0.25, -0.2) is 9.97 Å². The second-order valence-electron chi connectivity index (χ2n) is 5.96. The molecule has 0 fully saturated rings. The number of hydrogen-bond donors (Lipinski definition) is 1. The van der Waals surface area contributed by atoms with Crippen molar-refractivity contribution in [2.24, 2.45) is 0 Å². The second-order valence-corrected chi connectivity index (χ2v) is 7.95. The Balaban J connectivity index is 2.45. The topological polar surface area (TPSA) is 37.8 Å². The van der Waals surface area contributed by atoms with Crippen molar-refractivity contribution in [3.63, 3.8) is 0 Å². The molecule has 0 aliphatic carbocycles. The summed E-state index contributed by atoms with van der Waals surface area (Å²) in [5.41, 5.74) is 2.29. The summed E-state index contributed by atoms with van der Waals surface area (Å²) in [5.74, 6) is 1.75. The minimum absolute atomic E-state index is 0.00289. The minimum Gasteiger partial charge on any atom is -0.372 e. The molecule has 0 radical (unpaired) electrons. The van der Waals surface area contributed by atoms with Crippen LogP contribution >= 0.6 is 38.5 Å². The van der Waals surface area contributed by atoms with Gasteiger partial charge in [-0.15, -0.1) is 0 Å². The Morgan fingerprint density at radius 3 is 2.52 bits per heavy atom. The first-order valence-electron chi connectivity index (χ1n) is 6.80. The average Bonchev–Trinajstić information content (AvgIpc) is 2.39. The number of aromatic nitrogens is 2. The Labute approximate surface area is 148 Å². The summed E-state index contributed by atoms with van der Waals surface area (Å²) in [6, 6.07) is 8.27. The van der Waals surface area contributed by atoms with Gasteiger partial charge in [0, 0.05) is 23.4 Å². The maximum absolute atomic E-state index is 4.80. The predicted molar refractivity (Wildman–Crippen MR) is 99.9 cm³/mol. The Hall–Kier alpha value is -0.690. The first-order valence-corrected chi connectivity index (χ1v) is 8.67. The molecular weight excluding hydrogens is 441 g/mol. The van der Waals surface area contributed by atoms with Gasteiger partial charge in [-0.3, -0.25) is 0 Å². The Morgan fingerprint density at radius 1 is 1.24 bits per heavy atom. The molecule has 1 heterocycles. The van der Waals surface area contributed by atoms with Crippen molar-refractivity contribution in [3.8, 4) is 0 Å². The maximum atomic E-state index is 4.80. The third kappa shape index (κ3) is 4.16. The van der Waals surface area contributed by atoms with Crippen molar-refractivity contribution >= 4 is 44.3 Å². The van der Waals surface area contributed by atoms with Crippen LogP contribution in [0.4, 0.5) is 5.82 Å². The zero-order chi connectivity index (χ0) is 15.6. The quantitative estimate of drug-likeness (QED) is 0.671. The fraction of sp³-hybridized carbons (Fsp3) is 0.375. The van der Waals surface area contributed by atoms with E-state index in [0.717, 1.165) is 31.8 Å². The molecule has 2 aromatic rings. The van der Waals surface area contributed by atoms with Crippen LogP contribution in [0.3, 0.4) is 0 Å². The number of rotatable bonds is 3. The molecule has 0 saturated heterocycles. The van der Waals surface area contributed by atoms with Gasteiger partial charge in [0.25, 0.3) is 0 Å². The highest BCUT2D eigenvalue weighted by atomic mass is 127. The van der Waals surface area contributed by atoms with Gasteiger partial charge in [0.2, 0.25) is 0 Å². The van der Waals surface area contributed by atoms with Crippen molar-refractivity contribution < 1.29 is 0 Å². The number of halogens is 2. The van der Waals surface area contributed by atoms with E-state index in [9.17, 15) is 0 Å². The van der Waals surface area contributed by atoms with E-state index in [1.54, 1.807) is 0 Å². The highest BCUT2D eigenvalue weighted by Gasteiger charge is 2.22. The molecule has 1 N–H and O–H groups in total. The van der Waals surface area contributed by atoms with Crippen LogP contribution in [0.25, 0.3) is 0 Å². The molecule has 5 heteroatoms. The number of nitrogens with zero attached hydrogens (tertiary/aromatic N) is 2. The molecule has 0 spiro atoms. The summed E-state index contributed by atoms with van der Waals surface area (Å²) >= 11 is 5.83. The van der Waals surface area contributed by atoms with Crippen LogP contribution in [0.5, 0.6) is 0 Å². The molecule has 0 bridgehead atoms. The van der Waals surface area contributed by atoms with E-state index in [4.69, 9.17) is 4.98 Å². The zero-order valence-electron chi connectivity index (χ0n) is 12.7. The zero-order valence-corrected chi connectivity index (χ0v) is 16.4. The monoisotopic (exact) mass is 459 g/mol. The molecule has 0 aliphatic rings. The van der Waals surface area contributed by atoms with E-state index in [1.165, 1.54) is 5.56 Å². The lowest BCUT2D eigenvalue weighted by atomic mass is 9.91. The lowest BCUT2D eigenvalue weighted by Crippen LogP contribution is -2.19. The van der Waals surface area contributed by atoms with Crippen LogP contribution in [0, 0.1) is 3.57 Å². The molecule has 0 aliphatic heterocycles. The summed E-state index contributed by atoms with van der Waals surface area (Å²) in [6.07, 6.45) is 0.730. The summed E-state index contributed by atoms with van der Waals surface area (Å²) < 4.78 is 2.18. The van der Waals surface area contributed by atoms with Crippen LogP contribution in [0.2, 0.25) is 0 Å². The van der Waals surface area contributed by atoms with Crippen molar-refractivity contribution in [1.29, 1.82) is 0 Å². The Bertz CT molecular complexity index is 650. The molecule has 0 saturated carbocycles. The van der Waals surface area contributed by atoms with E-state index in [1.807, 2.05) is 19.2 Å². The standard InChI is InChI=1S/C16H19BrIN3/c1-16(2,3)14-13(18)15(19-4)21-12(20-14)9-10-6-5-7-11(17)8-10/h5-8H,9H2,1-4H3,(H,19,20,21). The molecule has 1 aromatic heterocycles. The molecule has 2 rings (SSSR count). The van der Waals surface area contributed by atoms with Gasteiger partial charge in [-0.1, -0.05) is 48.8 Å². The van der Waals surface area contributed by atoms with Crippen molar-refractivity contribution in [3.05, 3.63) is 49.4 Å². The van der Waals surface area contributed by atoms with Gasteiger partial charge < -0.3 is 5.32 Å². The largest absolute Gasteiger partial charge is 0.372 e. The highest BCUT2D eigenvalue weighted by Crippen LogP contribution is 2.29. The van der Waals surface area contributed by atoms with Gasteiger partial charge in [-0.2, -0.15) is 0 Å². The second kappa shape index (κ2) is 6.60. The molecular formula is C16H19BrIN3. The van der Waals surface area contributed by atoms with E-state index in [-0.39, 0.29) is 5.41 Å². The third-order valence-corrected chi connectivity index (χ3v) is 4.61. The summed E-state index contributed by atoms with van der Waals surface area (Å²) in [4.78, 5) is 9.45. The van der Waals surface area contributed by atoms with Crippen LogP contribution in [0.1, 0.15) is 37.9 Å². The van der Waals surface area contributed by atoms with Crippen LogP contribution < -0.4 is 5.32 Å². The van der Waals surface area contributed by atoms with E-state index >= 15 is 0 Å². The SMILES string of the molecule is CNc1nc(Cc2cccc(Br)c2)nc(C(C)(C)C)c1I. The fourth-order valence-corrected chi connectivity index (χ4v) is 3.83. The number of nitrogens with one attached hydrogen (secondary N) is 1. The smallest absolute Gasteiger partial charge is 0.143 e. The molecule has 112 valence electrons. The summed E-state index contributed by atoms with van der Waals surface area (Å²) in [7, 11) is 1.90. The molecule has 1 aromatic carbocycles. The Morgan fingerprint density at radius 2 is 1.95 bits per heavy atom. The first-order chi connectivity index (χ1) is 9.81. The van der Waals surface area contributed by atoms with E-state index in [0.29, 0.717) is 0 Å². The van der Waals surface area contributed by atoms with Crippen LogP contribution in [-0.2, 0) is 11.8 Å². The van der Waals surface area contributed by atoms with Gasteiger partial charge in [-0.05, 0) is 40.3 Å². The van der Waals surface area contributed by atoms with Crippen LogP contribution in [0.15, 0.2) is 28.7 Å². The van der Waals surface area contributed by atoms with Gasteiger partial charge in [0.15, 0.2) is 0 Å². The van der Waals surface area contributed by atoms with Gasteiger partial charge in [0.05, 0.1) is 9.26 Å². The van der Waals surface area contributed by atoms with E-state index < -0.39 is 0 Å². The molecule has 0 amide bonds. The average molecular weight is 460 g/mol. The minimum atomic E-state index is -0.00289. The van der Waals surface area contributed by atoms with Gasteiger partial charge >= 0.3 is 0 Å². The van der Waals surface area contributed by atoms with Crippen molar-refractivity contribution in [1.82, 2.24) is 9.97 Å². The Kier molecular flexibility index (Phi) is 5.24. The molecule has 0 unspecified atom stereocenters. The molecule has 0 atom stereocenters. The molecule has 3 nitrogen and oxygen atoms in total. The maximum Gasteiger partial charge on any atom is 0.143 e. The summed E-state index contributed by atoms with van der Waals surface area (Å²) in [6.45, 7) is 6.54. The normalized spacial score (nSPS) is 11.5. The predicted octanol–water partition coefficient (Wildman–Crippen LogP) is 4.77. The van der Waals surface area contributed by atoms with E-state index in [2.05, 4.69) is 81.7 Å². The third-order valence-electron chi connectivity index (χ3n) is 3.10. The lowest BCUT2D eigenvalue weighted by Gasteiger charge is -2.21. The van der Waals surface area contributed by atoms with Crippen LogP contribution in [-0.4, -0.2) is 17.0 Å². The number of benzene rings is 1. The number of hydrogen-bond acceptors (Lipinski definition) is 3. The van der Waals surface area contributed by atoms with Crippen molar-refractivity contribution in [2.45, 2.75) is 32.6 Å². The molecule has 21 heavy (non-hydrogen) atoms. The van der Waals surface area contributed by atoms with Crippen molar-refractivity contribution in [2.75, 3.05) is 12.4 Å².